The van der Waals surface area contributed by atoms with Crippen LogP contribution in [0.4, 0.5) is 8.78 Å². The van der Waals surface area contributed by atoms with Crippen molar-refractivity contribution in [3.05, 3.63) is 12.7 Å². The van der Waals surface area contributed by atoms with Crippen molar-refractivity contribution in [2.45, 2.75) is 76.2 Å². The fraction of sp³-hybridized carbons (Fsp3) is 0.857. The first-order valence-electron chi connectivity index (χ1n) is 6.70. The predicted octanol–water partition coefficient (Wildman–Crippen LogP) is 4.78. The summed E-state index contributed by atoms with van der Waals surface area (Å²) in [4.78, 5) is 0. The minimum Gasteiger partial charge on any atom is -0.387 e. The third-order valence-electron chi connectivity index (χ3n) is 4.43. The average Bonchev–Trinajstić information content (AvgIpc) is 2.15. The largest absolute Gasteiger partial charge is 0.387 e. The molecule has 0 saturated heterocycles. The topological polar surface area (TPSA) is 20.2 Å². The Kier molecular flexibility index (Phi) is 6.21. The standard InChI is InChI=1S/C14H28F2OSi/c1-8-9-14(17,13(15)16)18(10(2)3,11(4)5)12(6)7/h8,10-13,17H,1,9H2,2-7H3. The summed E-state index contributed by atoms with van der Waals surface area (Å²) >= 11 is 0. The van der Waals surface area contributed by atoms with Gasteiger partial charge in [-0.15, -0.1) is 6.58 Å². The number of alkyl halides is 2. The zero-order chi connectivity index (χ0) is 14.7. The molecule has 0 aromatic heterocycles. The minimum atomic E-state index is -2.71. The van der Waals surface area contributed by atoms with Gasteiger partial charge in [-0.05, 0) is 23.0 Å². The van der Waals surface area contributed by atoms with E-state index in [0.717, 1.165) is 0 Å². The van der Waals surface area contributed by atoms with E-state index in [1.165, 1.54) is 6.08 Å². The van der Waals surface area contributed by atoms with Crippen LogP contribution >= 0.6 is 0 Å². The molecule has 4 heteroatoms. The lowest BCUT2D eigenvalue weighted by molar-refractivity contribution is -0.0468. The quantitative estimate of drug-likeness (QED) is 0.525. The van der Waals surface area contributed by atoms with Gasteiger partial charge in [-0.25, -0.2) is 8.78 Å². The van der Waals surface area contributed by atoms with E-state index in [9.17, 15) is 13.9 Å². The van der Waals surface area contributed by atoms with E-state index in [1.54, 1.807) is 0 Å². The zero-order valence-corrected chi connectivity index (χ0v) is 13.5. The Bertz CT molecular complexity index is 255. The van der Waals surface area contributed by atoms with Crippen molar-refractivity contribution in [2.24, 2.45) is 0 Å². The molecular weight excluding hydrogens is 250 g/mol. The Balaban J connectivity index is 6.01. The molecule has 1 unspecified atom stereocenters. The molecule has 1 N–H and O–H groups in total. The van der Waals surface area contributed by atoms with Crippen molar-refractivity contribution in [3.63, 3.8) is 0 Å². The molecule has 0 heterocycles. The van der Waals surface area contributed by atoms with Gasteiger partial charge >= 0.3 is 0 Å². The van der Waals surface area contributed by atoms with E-state index in [0.29, 0.717) is 0 Å². The van der Waals surface area contributed by atoms with Gasteiger partial charge in [0.2, 0.25) is 0 Å². The molecule has 1 nitrogen and oxygen atoms in total. The molecule has 0 amide bonds. The second kappa shape index (κ2) is 6.28. The van der Waals surface area contributed by atoms with E-state index in [-0.39, 0.29) is 23.0 Å². The highest BCUT2D eigenvalue weighted by Crippen LogP contribution is 2.51. The van der Waals surface area contributed by atoms with Crippen LogP contribution in [0.25, 0.3) is 0 Å². The third-order valence-corrected chi connectivity index (χ3v) is 12.1. The summed E-state index contributed by atoms with van der Waals surface area (Å²) in [5.41, 5.74) is 0.282. The van der Waals surface area contributed by atoms with Crippen LogP contribution in [-0.4, -0.2) is 24.8 Å². The highest BCUT2D eigenvalue weighted by Gasteiger charge is 2.61. The van der Waals surface area contributed by atoms with Crippen molar-refractivity contribution < 1.29 is 13.9 Å². The number of halogens is 2. The van der Waals surface area contributed by atoms with Gasteiger partial charge in [0.05, 0.1) is 0 Å². The van der Waals surface area contributed by atoms with Crippen LogP contribution in [0, 0.1) is 0 Å². The molecule has 0 aliphatic heterocycles. The molecule has 1 atom stereocenters. The summed E-state index contributed by atoms with van der Waals surface area (Å²) in [6.45, 7) is 15.4. The van der Waals surface area contributed by atoms with Gasteiger partial charge in [0.15, 0.2) is 0 Å². The van der Waals surface area contributed by atoms with Gasteiger partial charge < -0.3 is 5.11 Å². The van der Waals surface area contributed by atoms with Gasteiger partial charge in [0.25, 0.3) is 6.43 Å². The Morgan fingerprint density at radius 2 is 1.39 bits per heavy atom. The molecule has 0 saturated carbocycles. The summed E-state index contributed by atoms with van der Waals surface area (Å²) in [5.74, 6) is 0. The van der Waals surface area contributed by atoms with Gasteiger partial charge in [-0.3, -0.25) is 0 Å². The predicted molar refractivity (Wildman–Crippen MR) is 76.8 cm³/mol. The normalized spacial score (nSPS) is 16.7. The minimum absolute atomic E-state index is 0.0224. The summed E-state index contributed by atoms with van der Waals surface area (Å²) in [5, 5.41) is 8.87. The molecule has 0 aliphatic rings. The maximum atomic E-state index is 13.6. The fourth-order valence-corrected chi connectivity index (χ4v) is 12.0. The van der Waals surface area contributed by atoms with Crippen molar-refractivity contribution >= 4 is 8.07 Å². The SMILES string of the molecule is C=CCC(O)(C(F)F)[Si](C(C)C)(C(C)C)C(C)C. The number of hydrogen-bond acceptors (Lipinski definition) is 1. The molecule has 108 valence electrons. The first-order chi connectivity index (χ1) is 8.08. The van der Waals surface area contributed by atoms with Crippen LogP contribution in [0.5, 0.6) is 0 Å². The molecule has 0 radical (unpaired) electrons. The Hall–Kier alpha value is -0.223. The molecule has 0 bridgehead atoms. The summed E-state index contributed by atoms with van der Waals surface area (Å²) in [6, 6.07) is 0. The number of aliphatic hydroxyl groups is 1. The van der Waals surface area contributed by atoms with E-state index in [1.807, 2.05) is 41.5 Å². The van der Waals surface area contributed by atoms with Gasteiger partial charge in [0, 0.05) is 0 Å². The lowest BCUT2D eigenvalue weighted by Gasteiger charge is -2.53. The monoisotopic (exact) mass is 278 g/mol. The molecule has 18 heavy (non-hydrogen) atoms. The van der Waals surface area contributed by atoms with Crippen LogP contribution in [0.3, 0.4) is 0 Å². The Labute approximate surface area is 111 Å². The highest BCUT2D eigenvalue weighted by atomic mass is 28.3. The van der Waals surface area contributed by atoms with Crippen molar-refractivity contribution in [1.82, 2.24) is 0 Å². The summed E-state index contributed by atoms with van der Waals surface area (Å²) in [6.07, 6.45) is -1.30. The Morgan fingerprint density at radius 1 is 1.06 bits per heavy atom. The van der Waals surface area contributed by atoms with Gasteiger partial charge in [0.1, 0.15) is 13.3 Å². The van der Waals surface area contributed by atoms with Crippen LogP contribution in [-0.2, 0) is 0 Å². The zero-order valence-electron chi connectivity index (χ0n) is 12.5. The van der Waals surface area contributed by atoms with Crippen molar-refractivity contribution in [3.8, 4) is 0 Å². The molecule has 0 rings (SSSR count). The third kappa shape index (κ3) is 2.55. The van der Waals surface area contributed by atoms with Gasteiger partial charge in [-0.2, -0.15) is 0 Å². The second-order valence-electron chi connectivity index (χ2n) is 6.11. The van der Waals surface area contributed by atoms with Gasteiger partial charge in [-0.1, -0.05) is 47.6 Å². The van der Waals surface area contributed by atoms with E-state index >= 15 is 0 Å². The molecular formula is C14H28F2OSi. The molecule has 0 aliphatic carbocycles. The number of rotatable bonds is 7. The first kappa shape index (κ1) is 17.8. The van der Waals surface area contributed by atoms with E-state index < -0.39 is 19.7 Å². The van der Waals surface area contributed by atoms with E-state index in [4.69, 9.17) is 0 Å². The smallest absolute Gasteiger partial charge is 0.264 e. The number of hydrogen-bond donors (Lipinski definition) is 1. The highest BCUT2D eigenvalue weighted by molar-refractivity contribution is 6.86. The summed E-state index contributed by atoms with van der Waals surface area (Å²) in [7, 11) is -2.63. The molecule has 0 fully saturated rings. The van der Waals surface area contributed by atoms with Crippen molar-refractivity contribution in [2.75, 3.05) is 0 Å². The maximum absolute atomic E-state index is 13.6. The molecule has 0 spiro atoms. The Morgan fingerprint density at radius 3 is 1.56 bits per heavy atom. The second-order valence-corrected chi connectivity index (χ2v) is 12.3. The maximum Gasteiger partial charge on any atom is 0.264 e. The average molecular weight is 278 g/mol. The van der Waals surface area contributed by atoms with Crippen LogP contribution in [0.2, 0.25) is 16.6 Å². The van der Waals surface area contributed by atoms with Crippen LogP contribution in [0.15, 0.2) is 12.7 Å². The van der Waals surface area contributed by atoms with Crippen molar-refractivity contribution in [1.29, 1.82) is 0 Å². The fourth-order valence-electron chi connectivity index (χ4n) is 4.17. The van der Waals surface area contributed by atoms with Crippen LogP contribution in [0.1, 0.15) is 48.0 Å². The lowest BCUT2D eigenvalue weighted by Crippen LogP contribution is -2.67. The lowest BCUT2D eigenvalue weighted by atomic mass is 10.2. The molecule has 0 aromatic carbocycles. The van der Waals surface area contributed by atoms with E-state index in [2.05, 4.69) is 6.58 Å². The molecule has 0 aromatic rings. The van der Waals surface area contributed by atoms with Crippen LogP contribution < -0.4 is 0 Å². The summed E-state index contributed by atoms with van der Waals surface area (Å²) < 4.78 is 27.2. The first-order valence-corrected chi connectivity index (χ1v) is 8.93.